The SMILES string of the molecule is Nc1cccc2c1C(C(=O)O)=NS2(=O)=O. The van der Waals surface area contributed by atoms with E-state index in [9.17, 15) is 13.2 Å². The van der Waals surface area contributed by atoms with Crippen molar-refractivity contribution in [3.05, 3.63) is 23.8 Å². The minimum Gasteiger partial charge on any atom is -0.476 e. The van der Waals surface area contributed by atoms with E-state index in [0.717, 1.165) is 0 Å². The molecule has 7 heteroatoms. The minimum absolute atomic E-state index is 0.0231. The first kappa shape index (κ1) is 9.66. The van der Waals surface area contributed by atoms with Crippen LogP contribution >= 0.6 is 0 Å². The Morgan fingerprint density at radius 3 is 2.67 bits per heavy atom. The maximum absolute atomic E-state index is 11.4. The molecule has 0 atom stereocenters. The number of nitrogen functional groups attached to an aromatic ring is 1. The molecular weight excluding hydrogens is 220 g/mol. The van der Waals surface area contributed by atoms with Gasteiger partial charge in [0.05, 0.1) is 5.56 Å². The first-order valence-corrected chi connectivity index (χ1v) is 5.34. The largest absolute Gasteiger partial charge is 0.476 e. The number of carboxylic acids is 1. The molecule has 0 amide bonds. The van der Waals surface area contributed by atoms with Gasteiger partial charge in [-0.25, -0.2) is 4.79 Å². The number of rotatable bonds is 1. The highest BCUT2D eigenvalue weighted by molar-refractivity contribution is 7.91. The number of benzene rings is 1. The number of aliphatic carboxylic acids is 1. The molecule has 1 aliphatic rings. The molecule has 6 nitrogen and oxygen atoms in total. The second-order valence-electron chi connectivity index (χ2n) is 2.94. The molecule has 0 spiro atoms. The molecule has 2 rings (SSSR count). The van der Waals surface area contributed by atoms with Crippen molar-refractivity contribution in [2.75, 3.05) is 5.73 Å². The first-order valence-electron chi connectivity index (χ1n) is 3.90. The van der Waals surface area contributed by atoms with Gasteiger partial charge in [0.15, 0.2) is 5.71 Å². The van der Waals surface area contributed by atoms with E-state index in [1.54, 1.807) is 0 Å². The summed E-state index contributed by atoms with van der Waals surface area (Å²) in [5.74, 6) is -1.41. The van der Waals surface area contributed by atoms with E-state index in [1.807, 2.05) is 0 Å². The summed E-state index contributed by atoms with van der Waals surface area (Å²) < 4.78 is 26.0. The van der Waals surface area contributed by atoms with E-state index < -0.39 is 21.7 Å². The highest BCUT2D eigenvalue weighted by Crippen LogP contribution is 2.30. The Labute approximate surface area is 85.1 Å². The quantitative estimate of drug-likeness (QED) is 0.647. The van der Waals surface area contributed by atoms with Gasteiger partial charge < -0.3 is 10.8 Å². The fourth-order valence-corrected chi connectivity index (χ4v) is 2.61. The van der Waals surface area contributed by atoms with Crippen molar-refractivity contribution >= 4 is 27.4 Å². The van der Waals surface area contributed by atoms with Crippen molar-refractivity contribution in [2.45, 2.75) is 4.90 Å². The van der Waals surface area contributed by atoms with Gasteiger partial charge in [0.2, 0.25) is 0 Å². The summed E-state index contributed by atoms with van der Waals surface area (Å²) in [7, 11) is -3.90. The maximum atomic E-state index is 11.4. The molecule has 3 N–H and O–H groups in total. The topological polar surface area (TPSA) is 110 Å². The molecule has 1 aliphatic heterocycles. The first-order chi connectivity index (χ1) is 6.93. The molecule has 0 unspecified atom stereocenters. The van der Waals surface area contributed by atoms with Crippen LogP contribution in [0.1, 0.15) is 5.56 Å². The average Bonchev–Trinajstić information content (AvgIpc) is 2.40. The van der Waals surface area contributed by atoms with Crippen molar-refractivity contribution in [1.82, 2.24) is 0 Å². The Balaban J connectivity index is 2.86. The van der Waals surface area contributed by atoms with Crippen molar-refractivity contribution in [2.24, 2.45) is 4.40 Å². The van der Waals surface area contributed by atoms with Gasteiger partial charge in [0.25, 0.3) is 10.0 Å². The van der Waals surface area contributed by atoms with E-state index in [0.29, 0.717) is 0 Å². The Hall–Kier alpha value is -1.89. The lowest BCUT2D eigenvalue weighted by Crippen LogP contribution is -2.14. The number of hydrogen-bond donors (Lipinski definition) is 2. The fraction of sp³-hybridized carbons (Fsp3) is 0. The molecule has 1 aromatic carbocycles. The highest BCUT2D eigenvalue weighted by Gasteiger charge is 2.34. The number of carbonyl (C=O) groups is 1. The van der Waals surface area contributed by atoms with Crippen LogP contribution in [0.2, 0.25) is 0 Å². The zero-order valence-corrected chi connectivity index (χ0v) is 8.15. The summed E-state index contributed by atoms with van der Waals surface area (Å²) in [6, 6.07) is 4.14. The molecule has 0 saturated heterocycles. The molecule has 0 radical (unpaired) electrons. The lowest BCUT2D eigenvalue weighted by Gasteiger charge is -2.01. The fourth-order valence-electron chi connectivity index (χ4n) is 1.38. The average molecular weight is 226 g/mol. The van der Waals surface area contributed by atoms with Crippen LogP contribution in [0.4, 0.5) is 5.69 Å². The third-order valence-corrected chi connectivity index (χ3v) is 3.31. The normalized spacial score (nSPS) is 16.9. The number of fused-ring (bicyclic) bond motifs is 1. The van der Waals surface area contributed by atoms with Crippen molar-refractivity contribution < 1.29 is 18.3 Å². The maximum Gasteiger partial charge on any atom is 0.356 e. The molecule has 0 aromatic heterocycles. The molecular formula is C8H6N2O4S. The van der Waals surface area contributed by atoms with Crippen LogP contribution in [0.25, 0.3) is 0 Å². The Kier molecular flexibility index (Phi) is 1.80. The lowest BCUT2D eigenvalue weighted by atomic mass is 10.1. The van der Waals surface area contributed by atoms with Crippen LogP contribution in [0, 0.1) is 0 Å². The summed E-state index contributed by atoms with van der Waals surface area (Å²) in [5.41, 5.74) is 5.06. The summed E-state index contributed by atoms with van der Waals surface area (Å²) in [5, 5.41) is 8.77. The molecule has 1 heterocycles. The summed E-state index contributed by atoms with van der Waals surface area (Å²) in [4.78, 5) is 10.6. The number of sulfonamides is 1. The Morgan fingerprint density at radius 2 is 2.07 bits per heavy atom. The van der Waals surface area contributed by atoms with Crippen LogP contribution in [-0.4, -0.2) is 25.2 Å². The second-order valence-corrected chi connectivity index (χ2v) is 4.51. The van der Waals surface area contributed by atoms with Crippen molar-refractivity contribution in [3.8, 4) is 0 Å². The van der Waals surface area contributed by atoms with Crippen LogP contribution in [0.5, 0.6) is 0 Å². The van der Waals surface area contributed by atoms with Crippen LogP contribution in [-0.2, 0) is 14.8 Å². The Bertz CT molecular complexity index is 589. The summed E-state index contributed by atoms with van der Waals surface area (Å²) in [6.45, 7) is 0. The second kappa shape index (κ2) is 2.80. The smallest absolute Gasteiger partial charge is 0.356 e. The van der Waals surface area contributed by atoms with Crippen molar-refractivity contribution in [1.29, 1.82) is 0 Å². The molecule has 0 fully saturated rings. The van der Waals surface area contributed by atoms with Crippen LogP contribution in [0.15, 0.2) is 27.5 Å². The zero-order chi connectivity index (χ0) is 11.2. The van der Waals surface area contributed by atoms with Gasteiger partial charge in [-0.05, 0) is 12.1 Å². The lowest BCUT2D eigenvalue weighted by molar-refractivity contribution is -0.129. The van der Waals surface area contributed by atoms with Crippen LogP contribution in [0.3, 0.4) is 0 Å². The van der Waals surface area contributed by atoms with E-state index >= 15 is 0 Å². The van der Waals surface area contributed by atoms with Gasteiger partial charge >= 0.3 is 5.97 Å². The summed E-state index contributed by atoms with van der Waals surface area (Å²) >= 11 is 0. The van der Waals surface area contributed by atoms with Crippen LogP contribution < -0.4 is 5.73 Å². The molecule has 15 heavy (non-hydrogen) atoms. The van der Waals surface area contributed by atoms with Crippen molar-refractivity contribution in [3.63, 3.8) is 0 Å². The van der Waals surface area contributed by atoms with Gasteiger partial charge in [-0.1, -0.05) is 6.07 Å². The monoisotopic (exact) mass is 226 g/mol. The predicted molar refractivity (Wildman–Crippen MR) is 52.2 cm³/mol. The number of nitrogens with zero attached hydrogens (tertiary/aromatic N) is 1. The predicted octanol–water partition coefficient (Wildman–Crippen LogP) is -0.155. The molecule has 1 aromatic rings. The Morgan fingerprint density at radius 1 is 1.40 bits per heavy atom. The standard InChI is InChI=1S/C8H6N2O4S/c9-4-2-1-3-5-6(4)7(8(11)12)10-15(5,13)14/h1-3H,9H2,(H,11,12). The number of carboxylic acid groups (broad SMARTS) is 1. The third kappa shape index (κ3) is 1.28. The number of nitrogens with two attached hydrogens (primary N) is 1. The van der Waals surface area contributed by atoms with E-state index in [4.69, 9.17) is 10.8 Å². The number of hydrogen-bond acceptors (Lipinski definition) is 4. The van der Waals surface area contributed by atoms with Gasteiger partial charge in [0.1, 0.15) is 4.90 Å². The van der Waals surface area contributed by atoms with E-state index in [-0.39, 0.29) is 16.1 Å². The number of anilines is 1. The third-order valence-electron chi connectivity index (χ3n) is 1.99. The van der Waals surface area contributed by atoms with E-state index in [1.165, 1.54) is 18.2 Å². The molecule has 0 saturated carbocycles. The minimum atomic E-state index is -3.90. The molecule has 78 valence electrons. The van der Waals surface area contributed by atoms with Gasteiger partial charge in [-0.3, -0.25) is 0 Å². The van der Waals surface area contributed by atoms with E-state index in [2.05, 4.69) is 4.40 Å². The van der Waals surface area contributed by atoms with Gasteiger partial charge in [0, 0.05) is 5.69 Å². The van der Waals surface area contributed by atoms with Gasteiger partial charge in [-0.15, -0.1) is 0 Å². The molecule has 0 aliphatic carbocycles. The molecule has 0 bridgehead atoms. The summed E-state index contributed by atoms with van der Waals surface area (Å²) in [6.07, 6.45) is 0. The van der Waals surface area contributed by atoms with Gasteiger partial charge in [-0.2, -0.15) is 12.8 Å². The zero-order valence-electron chi connectivity index (χ0n) is 7.34. The highest BCUT2D eigenvalue weighted by atomic mass is 32.2.